The minimum absolute atomic E-state index is 0.354. The van der Waals surface area contributed by atoms with Crippen LogP contribution in [-0.4, -0.2) is 31.7 Å². The summed E-state index contributed by atoms with van der Waals surface area (Å²) < 4.78 is 11.3. The quantitative estimate of drug-likeness (QED) is 0.861. The second kappa shape index (κ2) is 6.13. The Kier molecular flexibility index (Phi) is 4.52. The zero-order chi connectivity index (χ0) is 13.0. The van der Waals surface area contributed by atoms with Gasteiger partial charge in [-0.1, -0.05) is 13.3 Å². The first-order valence-corrected chi connectivity index (χ1v) is 7.90. The molecule has 2 rings (SSSR count). The minimum Gasteiger partial charge on any atom is -0.383 e. The predicted octanol–water partition coefficient (Wildman–Crippen LogP) is 1.33. The summed E-state index contributed by atoms with van der Waals surface area (Å²) in [6.07, 6.45) is 5.26. The molecule has 0 amide bonds. The topological polar surface area (TPSA) is 80.9 Å². The van der Waals surface area contributed by atoms with E-state index in [2.05, 4.69) is 22.2 Å². The molecule has 3 N–H and O–H groups in total. The van der Waals surface area contributed by atoms with Crippen LogP contribution in [0.1, 0.15) is 31.7 Å². The third-order valence-corrected chi connectivity index (χ3v) is 4.59. The fourth-order valence-electron chi connectivity index (χ4n) is 2.18. The molecule has 1 fully saturated rings. The van der Waals surface area contributed by atoms with Crippen LogP contribution in [0, 0.1) is 0 Å². The molecule has 6 heteroatoms. The van der Waals surface area contributed by atoms with E-state index in [4.69, 9.17) is 5.73 Å². The molecule has 2 heterocycles. The molecule has 0 saturated carbocycles. The zero-order valence-electron chi connectivity index (χ0n) is 10.7. The Labute approximate surface area is 110 Å². The molecule has 0 spiro atoms. The molecule has 100 valence electrons. The van der Waals surface area contributed by atoms with Crippen LogP contribution in [0.2, 0.25) is 0 Å². The van der Waals surface area contributed by atoms with E-state index in [1.54, 1.807) is 0 Å². The van der Waals surface area contributed by atoms with Crippen molar-refractivity contribution in [3.05, 3.63) is 11.9 Å². The Bertz CT molecular complexity index is 428. The van der Waals surface area contributed by atoms with E-state index >= 15 is 0 Å². The summed E-state index contributed by atoms with van der Waals surface area (Å²) >= 11 is 0. The van der Waals surface area contributed by atoms with E-state index in [0.29, 0.717) is 11.9 Å². The summed E-state index contributed by atoms with van der Waals surface area (Å²) in [7, 11) is -0.629. The van der Waals surface area contributed by atoms with Gasteiger partial charge in [0, 0.05) is 33.9 Å². The molecule has 1 aliphatic heterocycles. The van der Waals surface area contributed by atoms with Gasteiger partial charge in [-0.15, -0.1) is 0 Å². The lowest BCUT2D eigenvalue weighted by Crippen LogP contribution is -2.30. The molecule has 0 bridgehead atoms. The molecule has 0 radical (unpaired) electrons. The third kappa shape index (κ3) is 3.19. The van der Waals surface area contributed by atoms with Crippen molar-refractivity contribution >= 4 is 22.4 Å². The Morgan fingerprint density at radius 2 is 2.17 bits per heavy atom. The van der Waals surface area contributed by atoms with Gasteiger partial charge in [-0.25, -0.2) is 9.97 Å². The van der Waals surface area contributed by atoms with Crippen LogP contribution in [0.4, 0.5) is 11.6 Å². The maximum Gasteiger partial charge on any atom is 0.134 e. The van der Waals surface area contributed by atoms with E-state index in [1.165, 1.54) is 6.33 Å². The molecule has 1 aliphatic rings. The number of aromatic nitrogens is 2. The lowest BCUT2D eigenvalue weighted by atomic mass is 10.1. The average molecular weight is 268 g/mol. The molecular weight excluding hydrogens is 248 g/mol. The van der Waals surface area contributed by atoms with E-state index in [9.17, 15) is 4.21 Å². The summed E-state index contributed by atoms with van der Waals surface area (Å²) in [5.74, 6) is 2.97. The van der Waals surface area contributed by atoms with Crippen molar-refractivity contribution < 1.29 is 4.21 Å². The molecule has 5 nitrogen and oxygen atoms in total. The molecule has 0 aliphatic carbocycles. The highest BCUT2D eigenvalue weighted by molar-refractivity contribution is 7.85. The Morgan fingerprint density at radius 1 is 1.44 bits per heavy atom. The van der Waals surface area contributed by atoms with Gasteiger partial charge in [0.25, 0.3) is 0 Å². The molecule has 1 saturated heterocycles. The molecule has 1 aromatic rings. The van der Waals surface area contributed by atoms with Crippen LogP contribution in [0.5, 0.6) is 0 Å². The van der Waals surface area contributed by atoms with E-state index in [1.807, 2.05) is 0 Å². The minimum atomic E-state index is -0.629. The highest BCUT2D eigenvalue weighted by atomic mass is 32.2. The number of nitrogens with zero attached hydrogens (tertiary/aromatic N) is 2. The monoisotopic (exact) mass is 268 g/mol. The smallest absolute Gasteiger partial charge is 0.134 e. The average Bonchev–Trinajstić information content (AvgIpc) is 2.36. The van der Waals surface area contributed by atoms with Gasteiger partial charge >= 0.3 is 0 Å². The molecule has 0 aromatic carbocycles. The molecular formula is C12H20N4OS. The van der Waals surface area contributed by atoms with Crippen molar-refractivity contribution in [1.29, 1.82) is 0 Å². The third-order valence-electron chi connectivity index (χ3n) is 3.21. The SMILES string of the molecule is CCCc1c(N)ncnc1NC1CCS(=O)CC1. The van der Waals surface area contributed by atoms with Crippen molar-refractivity contribution in [3.8, 4) is 0 Å². The van der Waals surface area contributed by atoms with Gasteiger partial charge in [0.05, 0.1) is 0 Å². The Balaban J connectivity index is 2.08. The van der Waals surface area contributed by atoms with Crippen LogP contribution < -0.4 is 11.1 Å². The van der Waals surface area contributed by atoms with Crippen LogP contribution in [0.3, 0.4) is 0 Å². The lowest BCUT2D eigenvalue weighted by molar-refractivity contribution is 0.621. The number of hydrogen-bond acceptors (Lipinski definition) is 5. The van der Waals surface area contributed by atoms with Crippen molar-refractivity contribution in [1.82, 2.24) is 9.97 Å². The summed E-state index contributed by atoms with van der Waals surface area (Å²) in [5.41, 5.74) is 6.90. The van der Waals surface area contributed by atoms with Crippen molar-refractivity contribution in [2.24, 2.45) is 0 Å². The normalized spacial score (nSPS) is 23.8. The number of rotatable bonds is 4. The first-order valence-electron chi connectivity index (χ1n) is 6.41. The number of nitrogens with one attached hydrogen (secondary N) is 1. The van der Waals surface area contributed by atoms with Crippen LogP contribution in [0.25, 0.3) is 0 Å². The second-order valence-corrected chi connectivity index (χ2v) is 6.30. The van der Waals surface area contributed by atoms with Gasteiger partial charge in [0.1, 0.15) is 18.0 Å². The highest BCUT2D eigenvalue weighted by Crippen LogP contribution is 2.22. The first kappa shape index (κ1) is 13.3. The summed E-state index contributed by atoms with van der Waals surface area (Å²) in [5, 5.41) is 3.43. The molecule has 0 unspecified atom stereocenters. The Morgan fingerprint density at radius 3 is 2.83 bits per heavy atom. The summed E-state index contributed by atoms with van der Waals surface area (Å²) in [6.45, 7) is 2.11. The summed E-state index contributed by atoms with van der Waals surface area (Å²) in [6, 6.07) is 0.354. The van der Waals surface area contributed by atoms with Gasteiger partial charge < -0.3 is 11.1 Å². The van der Waals surface area contributed by atoms with Crippen LogP contribution in [-0.2, 0) is 17.2 Å². The standard InChI is InChI=1S/C12H20N4OS/c1-2-3-10-11(13)14-8-15-12(10)16-9-4-6-18(17)7-5-9/h8-9H,2-7H2,1H3,(H3,13,14,15,16). The molecule has 1 aromatic heterocycles. The van der Waals surface area contributed by atoms with Crippen molar-refractivity contribution in [2.75, 3.05) is 22.6 Å². The highest BCUT2D eigenvalue weighted by Gasteiger charge is 2.19. The fraction of sp³-hybridized carbons (Fsp3) is 0.667. The van der Waals surface area contributed by atoms with Crippen LogP contribution >= 0.6 is 0 Å². The van der Waals surface area contributed by atoms with Gasteiger partial charge in [-0.3, -0.25) is 4.21 Å². The number of hydrogen-bond donors (Lipinski definition) is 2. The van der Waals surface area contributed by atoms with E-state index in [-0.39, 0.29) is 0 Å². The second-order valence-electron chi connectivity index (χ2n) is 4.60. The van der Waals surface area contributed by atoms with Gasteiger partial charge in [0.2, 0.25) is 0 Å². The van der Waals surface area contributed by atoms with Gasteiger partial charge in [-0.05, 0) is 19.3 Å². The van der Waals surface area contributed by atoms with E-state index < -0.39 is 10.8 Å². The summed E-state index contributed by atoms with van der Waals surface area (Å²) in [4.78, 5) is 8.33. The number of anilines is 2. The first-order chi connectivity index (χ1) is 8.70. The predicted molar refractivity (Wildman–Crippen MR) is 75.0 cm³/mol. The van der Waals surface area contributed by atoms with Crippen molar-refractivity contribution in [3.63, 3.8) is 0 Å². The molecule has 18 heavy (non-hydrogen) atoms. The van der Waals surface area contributed by atoms with Gasteiger partial charge in [-0.2, -0.15) is 0 Å². The van der Waals surface area contributed by atoms with Crippen LogP contribution in [0.15, 0.2) is 6.33 Å². The van der Waals surface area contributed by atoms with Gasteiger partial charge in [0.15, 0.2) is 0 Å². The van der Waals surface area contributed by atoms with E-state index in [0.717, 1.165) is 48.6 Å². The van der Waals surface area contributed by atoms with Crippen molar-refractivity contribution in [2.45, 2.75) is 38.6 Å². The lowest BCUT2D eigenvalue weighted by Gasteiger charge is -2.24. The maximum atomic E-state index is 11.3. The largest absolute Gasteiger partial charge is 0.383 e. The number of nitrogens with two attached hydrogens (primary N) is 1. The Hall–Kier alpha value is -1.17. The zero-order valence-corrected chi connectivity index (χ0v) is 11.5. The number of nitrogen functional groups attached to an aromatic ring is 1. The maximum absolute atomic E-state index is 11.3. The fourth-order valence-corrected chi connectivity index (χ4v) is 3.48. The molecule has 0 atom stereocenters.